The van der Waals surface area contributed by atoms with E-state index in [0.29, 0.717) is 11.8 Å². The van der Waals surface area contributed by atoms with Gasteiger partial charge in [0.05, 0.1) is 22.4 Å². The van der Waals surface area contributed by atoms with Gasteiger partial charge < -0.3 is 0 Å². The van der Waals surface area contributed by atoms with Crippen LogP contribution in [-0.2, 0) is 39.1 Å². The topological polar surface area (TPSA) is 73.8 Å². The number of hydrogen-bond donors (Lipinski definition) is 0. The zero-order valence-corrected chi connectivity index (χ0v) is 30.4. The Morgan fingerprint density at radius 1 is 0.465 bits per heavy atom. The van der Waals surface area contributed by atoms with Crippen LogP contribution in [0.4, 0.5) is 0 Å². The summed E-state index contributed by atoms with van der Waals surface area (Å²) in [4.78, 5) is 47.5. The zero-order valence-electron chi connectivity index (χ0n) is 30.4. The van der Waals surface area contributed by atoms with Crippen molar-refractivity contribution >= 4 is 0 Å². The number of hydrogen-bond acceptors (Lipinski definition) is 8. The molecule has 0 aliphatic heterocycles. The van der Waals surface area contributed by atoms with Gasteiger partial charge in [-0.1, -0.05) is 33.1 Å². The van der Waals surface area contributed by atoms with Gasteiger partial charge in [-0.2, -0.15) is 19.6 Å². The average Bonchev–Trinajstić information content (AvgIpc) is 2.88. The van der Waals surface area contributed by atoms with E-state index in [2.05, 4.69) is 13.8 Å². The Kier molecular flexibility index (Phi) is 13.6. The van der Waals surface area contributed by atoms with Gasteiger partial charge in [0.15, 0.2) is 0 Å². The van der Waals surface area contributed by atoms with E-state index in [1.54, 1.807) is 0 Å². The highest BCUT2D eigenvalue weighted by Crippen LogP contribution is 2.55. The molecule has 2 rings (SSSR count). The first-order chi connectivity index (χ1) is 19.5. The van der Waals surface area contributed by atoms with Crippen LogP contribution in [0.3, 0.4) is 0 Å². The Hall–Kier alpha value is -0.320. The lowest BCUT2D eigenvalue weighted by atomic mass is 9.57. The molecule has 0 aromatic heterocycles. The summed E-state index contributed by atoms with van der Waals surface area (Å²) in [6.45, 7) is 28.6. The molecule has 8 nitrogen and oxygen atoms in total. The van der Waals surface area contributed by atoms with E-state index in [1.165, 1.54) is 25.7 Å². The predicted octanol–water partition coefficient (Wildman–Crippen LogP) is 10.3. The largest absolute Gasteiger partial charge is 0.234 e. The summed E-state index contributed by atoms with van der Waals surface area (Å²) < 4.78 is 0. The summed E-state index contributed by atoms with van der Waals surface area (Å²) in [5.41, 5.74) is -1.63. The third-order valence-corrected chi connectivity index (χ3v) is 8.45. The second-order valence-corrected chi connectivity index (χ2v) is 17.4. The van der Waals surface area contributed by atoms with Crippen molar-refractivity contribution in [2.24, 2.45) is 17.3 Å². The molecular weight excluding hydrogens is 548 g/mol. The van der Waals surface area contributed by atoms with Crippen LogP contribution in [0.2, 0.25) is 0 Å². The molecule has 0 aromatic rings. The van der Waals surface area contributed by atoms with Crippen LogP contribution in [0.15, 0.2) is 0 Å². The highest BCUT2D eigenvalue weighted by Gasteiger charge is 2.52. The predicted molar refractivity (Wildman–Crippen MR) is 169 cm³/mol. The molecule has 0 spiro atoms. The molecule has 0 atom stereocenters. The van der Waals surface area contributed by atoms with Crippen LogP contribution >= 0.6 is 0 Å². The second kappa shape index (κ2) is 15.1. The Labute approximate surface area is 264 Å². The summed E-state index contributed by atoms with van der Waals surface area (Å²) in [6.07, 6.45) is 11.7. The van der Waals surface area contributed by atoms with Gasteiger partial charge in [0.25, 0.3) is 0 Å². The maximum Gasteiger partial charge on any atom is 0.234 e. The molecule has 0 bridgehead atoms. The van der Waals surface area contributed by atoms with Crippen molar-refractivity contribution in [3.05, 3.63) is 0 Å². The number of rotatable bonds is 14. The zero-order chi connectivity index (χ0) is 32.8. The summed E-state index contributed by atoms with van der Waals surface area (Å²) in [7, 11) is 0. The quantitative estimate of drug-likeness (QED) is 0.0826. The van der Waals surface area contributed by atoms with Crippen LogP contribution in [0.5, 0.6) is 0 Å². The fourth-order valence-electron chi connectivity index (χ4n) is 6.10. The monoisotopic (exact) mass is 616 g/mol. The molecule has 0 saturated heterocycles. The molecule has 0 amide bonds. The van der Waals surface area contributed by atoms with Gasteiger partial charge in [-0.15, -0.1) is 0 Å². The van der Waals surface area contributed by atoms with E-state index >= 15 is 0 Å². The van der Waals surface area contributed by atoms with Crippen LogP contribution in [0, 0.1) is 17.3 Å². The van der Waals surface area contributed by atoms with E-state index in [4.69, 9.17) is 39.1 Å². The van der Waals surface area contributed by atoms with Gasteiger partial charge in [-0.05, 0) is 132 Å². The van der Waals surface area contributed by atoms with Crippen LogP contribution in [0.1, 0.15) is 174 Å². The number of unbranched alkanes of at least 4 members (excludes halogenated alkanes) is 2. The van der Waals surface area contributed by atoms with Crippen molar-refractivity contribution in [3.63, 3.8) is 0 Å². The molecule has 0 aromatic carbocycles. The minimum absolute atomic E-state index is 0.166. The molecular formula is C35H68O8. The summed E-state index contributed by atoms with van der Waals surface area (Å²) >= 11 is 0. The Balaban J connectivity index is 2.22. The average molecular weight is 617 g/mol. The lowest BCUT2D eigenvalue weighted by Crippen LogP contribution is -2.49. The highest BCUT2D eigenvalue weighted by molar-refractivity contribution is 4.96. The van der Waals surface area contributed by atoms with Gasteiger partial charge in [0.1, 0.15) is 0 Å². The molecule has 2 saturated carbocycles. The summed E-state index contributed by atoms with van der Waals surface area (Å²) in [6, 6.07) is 0. The molecule has 0 unspecified atom stereocenters. The molecule has 2 aliphatic carbocycles. The normalized spacial score (nSPS) is 21.3. The van der Waals surface area contributed by atoms with Crippen LogP contribution < -0.4 is 0 Å². The lowest BCUT2D eigenvalue weighted by molar-refractivity contribution is -0.548. The van der Waals surface area contributed by atoms with E-state index in [9.17, 15) is 0 Å². The first-order valence-electron chi connectivity index (χ1n) is 17.0. The smallest absolute Gasteiger partial charge is 0.228 e. The van der Waals surface area contributed by atoms with Crippen molar-refractivity contribution < 1.29 is 39.1 Å². The maximum absolute atomic E-state index is 6.06. The third kappa shape index (κ3) is 13.5. The first-order valence-corrected chi connectivity index (χ1v) is 17.0. The van der Waals surface area contributed by atoms with E-state index < -0.39 is 34.0 Å². The van der Waals surface area contributed by atoms with Crippen molar-refractivity contribution in [1.29, 1.82) is 0 Å². The van der Waals surface area contributed by atoms with Crippen molar-refractivity contribution in [2.45, 2.75) is 208 Å². The highest BCUT2D eigenvalue weighted by atomic mass is 17.3. The molecule has 8 heteroatoms. The molecule has 0 radical (unpaired) electrons. The van der Waals surface area contributed by atoms with Crippen LogP contribution in [0.25, 0.3) is 0 Å². The minimum atomic E-state index is -0.917. The fraction of sp³-hybridized carbons (Fsp3) is 1.00. The molecule has 43 heavy (non-hydrogen) atoms. The Morgan fingerprint density at radius 3 is 0.977 bits per heavy atom. The van der Waals surface area contributed by atoms with Gasteiger partial charge in [0, 0.05) is 25.7 Å². The Bertz CT molecular complexity index is 698. The maximum atomic E-state index is 6.06. The SMILES string of the molecule is CCCCCC(C)(C1CCC(OOC(C)(C)C)(OOC(C)(C)C)CC1)C1CCC(OOC(C)(C)C)(OOC(C)(C)C)CC1. The molecule has 0 N–H and O–H groups in total. The first kappa shape index (κ1) is 38.9. The fourth-order valence-corrected chi connectivity index (χ4v) is 6.10. The lowest BCUT2D eigenvalue weighted by Gasteiger charge is -2.51. The molecule has 2 fully saturated rings. The second-order valence-electron chi connectivity index (χ2n) is 17.4. The summed E-state index contributed by atoms with van der Waals surface area (Å²) in [5, 5.41) is 0. The molecule has 0 heterocycles. The standard InChI is InChI=1S/C35H68O8/c1-15-16-17-22-33(14,27-18-23-34(24-19-27,40-36-29(2,3)4)41-37-30(5,6)7)28-20-25-35(26-21-28,42-38-31(8,9)10)43-39-32(11,12)13/h27-28H,15-26H2,1-14H3. The Morgan fingerprint density at radius 2 is 0.744 bits per heavy atom. The van der Waals surface area contributed by atoms with Crippen molar-refractivity contribution in [3.8, 4) is 0 Å². The molecule has 256 valence electrons. The van der Waals surface area contributed by atoms with Gasteiger partial charge in [0.2, 0.25) is 11.6 Å². The van der Waals surface area contributed by atoms with Gasteiger partial charge >= 0.3 is 0 Å². The van der Waals surface area contributed by atoms with Gasteiger partial charge in [-0.3, -0.25) is 0 Å². The van der Waals surface area contributed by atoms with E-state index in [-0.39, 0.29) is 5.41 Å². The van der Waals surface area contributed by atoms with E-state index in [1.807, 2.05) is 83.1 Å². The van der Waals surface area contributed by atoms with Gasteiger partial charge in [-0.25, -0.2) is 19.6 Å². The minimum Gasteiger partial charge on any atom is -0.228 e. The van der Waals surface area contributed by atoms with Crippen molar-refractivity contribution in [2.75, 3.05) is 0 Å². The summed E-state index contributed by atoms with van der Waals surface area (Å²) in [5.74, 6) is -0.770. The molecule has 2 aliphatic rings. The van der Waals surface area contributed by atoms with Crippen molar-refractivity contribution in [1.82, 2.24) is 0 Å². The van der Waals surface area contributed by atoms with Crippen LogP contribution in [-0.4, -0.2) is 34.0 Å². The van der Waals surface area contributed by atoms with E-state index in [0.717, 1.165) is 51.4 Å². The third-order valence-electron chi connectivity index (χ3n) is 8.45.